The highest BCUT2D eigenvalue weighted by Crippen LogP contribution is 2.44. The molecule has 2 atom stereocenters. The number of hydrogen-bond acceptors (Lipinski definition) is 4. The Morgan fingerprint density at radius 2 is 1.46 bits per heavy atom. The van der Waals surface area contributed by atoms with Gasteiger partial charge in [-0.05, 0) is 63.6 Å². The van der Waals surface area contributed by atoms with Crippen LogP contribution in [-0.2, 0) is 0 Å². The van der Waals surface area contributed by atoms with E-state index in [2.05, 4.69) is 0 Å². The smallest absolute Gasteiger partial charge is 0.314 e. The predicted molar refractivity (Wildman–Crippen MR) is 138 cm³/mol. The molecule has 0 spiro atoms. The monoisotopic (exact) mass is 558 g/mol. The maximum absolute atomic E-state index is 13.8. The van der Waals surface area contributed by atoms with Gasteiger partial charge in [-0.2, -0.15) is 4.57 Å². The zero-order chi connectivity index (χ0) is 25.8. The van der Waals surface area contributed by atoms with Crippen molar-refractivity contribution in [2.75, 3.05) is 4.90 Å². The summed E-state index contributed by atoms with van der Waals surface area (Å²) in [6.45, 7) is 7.48. The van der Waals surface area contributed by atoms with E-state index in [0.29, 0.717) is 17.1 Å². The molecular weight excluding hydrogens is 538 g/mol. The summed E-state index contributed by atoms with van der Waals surface area (Å²) in [4.78, 5) is 43.2. The maximum Gasteiger partial charge on any atom is 0.447 e. The number of hydrogen-bond donors (Lipinski definition) is 0. The van der Waals surface area contributed by atoms with Gasteiger partial charge < -0.3 is 9.42 Å². The lowest BCUT2D eigenvalue weighted by Gasteiger charge is -2.37. The molecule has 0 N–H and O–H groups in total. The van der Waals surface area contributed by atoms with Crippen LogP contribution in [0.1, 0.15) is 40.3 Å². The Morgan fingerprint density at radius 1 is 0.914 bits per heavy atom. The van der Waals surface area contributed by atoms with Crippen molar-refractivity contribution in [3.05, 3.63) is 77.5 Å². The lowest BCUT2D eigenvalue weighted by Crippen LogP contribution is -2.50. The van der Waals surface area contributed by atoms with Crippen molar-refractivity contribution >= 4 is 58.1 Å². The Kier molecular flexibility index (Phi) is 6.79. The first-order chi connectivity index (χ1) is 16.4. The van der Waals surface area contributed by atoms with E-state index in [9.17, 15) is 14.4 Å². The van der Waals surface area contributed by atoms with E-state index < -0.39 is 23.2 Å². The van der Waals surface area contributed by atoms with Crippen LogP contribution < -0.4 is 16.3 Å². The fourth-order valence-electron chi connectivity index (χ4n) is 4.46. The number of nitrogens with zero attached hydrogens (tertiary/aromatic N) is 4. The molecule has 0 unspecified atom stereocenters. The first-order valence-electron chi connectivity index (χ1n) is 10.8. The normalized spacial score (nSPS) is 18.4. The molecule has 12 heteroatoms. The number of rotatable bonds is 5. The zero-order valence-corrected chi connectivity index (χ0v) is 22.3. The zero-order valence-electron chi connectivity index (χ0n) is 19.3. The first kappa shape index (κ1) is 25.7. The van der Waals surface area contributed by atoms with Crippen molar-refractivity contribution in [1.29, 1.82) is 0 Å². The van der Waals surface area contributed by atoms with E-state index in [-0.39, 0.29) is 32.8 Å². The number of benzene rings is 2. The van der Waals surface area contributed by atoms with E-state index in [1.807, 2.05) is 27.7 Å². The third kappa shape index (κ3) is 4.16. The number of carbonyl (C=O) groups is 1. The lowest BCUT2D eigenvalue weighted by molar-refractivity contribution is 0.0756. The highest BCUT2D eigenvalue weighted by molar-refractivity contribution is 6.42. The molecule has 186 valence electrons. The van der Waals surface area contributed by atoms with Crippen LogP contribution in [0, 0.1) is 0 Å². The van der Waals surface area contributed by atoms with Crippen LogP contribution in [0.5, 0.6) is 0 Å². The van der Waals surface area contributed by atoms with E-state index in [1.54, 1.807) is 17.0 Å². The molecule has 1 fully saturated rings. The molecular formula is C23H22Cl4N4O4. The Bertz CT molecular complexity index is 1430. The second-order valence-corrected chi connectivity index (χ2v) is 10.4. The second kappa shape index (κ2) is 9.24. The molecule has 1 aliphatic rings. The van der Waals surface area contributed by atoms with Gasteiger partial charge >= 0.3 is 17.5 Å². The highest BCUT2D eigenvalue weighted by Gasteiger charge is 2.56. The van der Waals surface area contributed by atoms with Gasteiger partial charge in [-0.3, -0.25) is 4.90 Å². The summed E-state index contributed by atoms with van der Waals surface area (Å²) in [6.07, 6.45) is -0.356. The van der Waals surface area contributed by atoms with E-state index >= 15 is 0 Å². The van der Waals surface area contributed by atoms with E-state index in [4.69, 9.17) is 50.9 Å². The summed E-state index contributed by atoms with van der Waals surface area (Å²) in [7, 11) is 0. The summed E-state index contributed by atoms with van der Waals surface area (Å²) < 4.78 is 7.21. The standard InChI is InChI=1S/C23H22Cl4N4O4/c1-5-12(2)30-20(32)28(13-6-8-15(24)17(26)10-13)19(23(30,3)4)31-21(33)29(22(34)35-31)14-7-9-16(25)18(27)11-14/h6-12,19H,5H2,1-4H3/t12-,19-/m0/s1. The number of carbonyl (C=O) groups excluding carboxylic acids is 1. The summed E-state index contributed by atoms with van der Waals surface area (Å²) in [5.74, 6) is -0.937. The van der Waals surface area contributed by atoms with Crippen molar-refractivity contribution < 1.29 is 9.32 Å². The number of amides is 2. The topological polar surface area (TPSA) is 80.7 Å². The van der Waals surface area contributed by atoms with Crippen molar-refractivity contribution in [2.45, 2.75) is 51.9 Å². The van der Waals surface area contributed by atoms with Crippen LogP contribution in [0.15, 0.2) is 50.5 Å². The van der Waals surface area contributed by atoms with Gasteiger partial charge in [-0.1, -0.05) is 53.3 Å². The molecule has 0 saturated carbocycles. The van der Waals surface area contributed by atoms with Gasteiger partial charge in [0.25, 0.3) is 0 Å². The molecule has 0 bridgehead atoms. The van der Waals surface area contributed by atoms with Gasteiger partial charge in [0.15, 0.2) is 6.17 Å². The minimum atomic E-state index is -1.02. The average Bonchev–Trinajstić information content (AvgIpc) is 3.19. The van der Waals surface area contributed by atoms with Gasteiger partial charge in [0.2, 0.25) is 0 Å². The van der Waals surface area contributed by atoms with Gasteiger partial charge in [0.05, 0.1) is 31.3 Å². The van der Waals surface area contributed by atoms with Crippen molar-refractivity contribution in [1.82, 2.24) is 14.2 Å². The van der Waals surface area contributed by atoms with Crippen LogP contribution in [0.2, 0.25) is 20.1 Å². The van der Waals surface area contributed by atoms with Crippen molar-refractivity contribution in [3.8, 4) is 5.69 Å². The van der Waals surface area contributed by atoms with Gasteiger partial charge in [-0.25, -0.2) is 14.4 Å². The van der Waals surface area contributed by atoms with Gasteiger partial charge in [0, 0.05) is 11.7 Å². The molecule has 2 amide bonds. The molecule has 3 aromatic rings. The molecule has 1 aromatic heterocycles. The second-order valence-electron chi connectivity index (χ2n) is 8.80. The molecule has 8 nitrogen and oxygen atoms in total. The van der Waals surface area contributed by atoms with Crippen molar-refractivity contribution in [3.63, 3.8) is 0 Å². The molecule has 1 saturated heterocycles. The van der Waals surface area contributed by atoms with Gasteiger partial charge in [0.1, 0.15) is 0 Å². The number of aromatic nitrogens is 2. The molecule has 4 rings (SSSR count). The van der Waals surface area contributed by atoms with Crippen molar-refractivity contribution in [2.24, 2.45) is 0 Å². The Hall–Kier alpha value is -2.39. The summed E-state index contributed by atoms with van der Waals surface area (Å²) in [5, 5.41) is 0.980. The molecule has 2 aromatic carbocycles. The molecule has 2 heterocycles. The fourth-order valence-corrected chi connectivity index (χ4v) is 5.04. The predicted octanol–water partition coefficient (Wildman–Crippen LogP) is 6.22. The maximum atomic E-state index is 13.8. The lowest BCUT2D eigenvalue weighted by atomic mass is 9.98. The summed E-state index contributed by atoms with van der Waals surface area (Å²) in [5.41, 5.74) is -1.18. The van der Waals surface area contributed by atoms with Crippen LogP contribution in [0.4, 0.5) is 10.5 Å². The van der Waals surface area contributed by atoms with Gasteiger partial charge in [-0.15, -0.1) is 4.74 Å². The highest BCUT2D eigenvalue weighted by atomic mass is 35.5. The molecule has 1 aliphatic heterocycles. The van der Waals surface area contributed by atoms with Crippen LogP contribution in [-0.4, -0.2) is 31.8 Å². The third-order valence-electron chi connectivity index (χ3n) is 6.24. The Labute approximate surface area is 221 Å². The summed E-state index contributed by atoms with van der Waals surface area (Å²) >= 11 is 24.4. The van der Waals surface area contributed by atoms with E-state index in [1.165, 1.54) is 29.2 Å². The van der Waals surface area contributed by atoms with E-state index in [0.717, 1.165) is 9.31 Å². The summed E-state index contributed by atoms with van der Waals surface area (Å²) in [6, 6.07) is 8.50. The number of anilines is 1. The number of halogens is 4. The fraction of sp³-hybridized carbons (Fsp3) is 0.348. The average molecular weight is 560 g/mol. The Balaban J connectivity index is 1.95. The molecule has 0 aliphatic carbocycles. The third-order valence-corrected chi connectivity index (χ3v) is 7.72. The molecule has 35 heavy (non-hydrogen) atoms. The SMILES string of the molecule is CC[C@H](C)N1C(=O)N(c2ccc(Cl)c(Cl)c2)[C@@H](n2oc(=O)n(-c3ccc(Cl)c(Cl)c3)c2=O)C1(C)C. The largest absolute Gasteiger partial charge is 0.447 e. The minimum Gasteiger partial charge on any atom is -0.314 e. The quantitative estimate of drug-likeness (QED) is 0.371. The number of urea groups is 1. The van der Waals surface area contributed by atoms with Crippen LogP contribution in [0.25, 0.3) is 5.69 Å². The minimum absolute atomic E-state index is 0.167. The first-order valence-corrected chi connectivity index (χ1v) is 12.3. The van der Waals surface area contributed by atoms with Crippen LogP contribution >= 0.6 is 46.4 Å². The Morgan fingerprint density at radius 3 is 2.00 bits per heavy atom. The molecule has 0 radical (unpaired) electrons. The van der Waals surface area contributed by atoms with Crippen LogP contribution in [0.3, 0.4) is 0 Å².